The summed E-state index contributed by atoms with van der Waals surface area (Å²) in [5.41, 5.74) is 0.954. The Kier molecular flexibility index (Phi) is 4.04. The minimum Gasteiger partial charge on any atom is -0.394 e. The molecule has 2 unspecified atom stereocenters. The van der Waals surface area contributed by atoms with Crippen LogP contribution in [0.2, 0.25) is 0 Å². The zero-order chi connectivity index (χ0) is 14.9. The van der Waals surface area contributed by atoms with Crippen molar-refractivity contribution in [3.8, 4) is 0 Å². The van der Waals surface area contributed by atoms with Crippen LogP contribution in [0.1, 0.15) is 29.3 Å². The van der Waals surface area contributed by atoms with Gasteiger partial charge in [0.1, 0.15) is 0 Å². The summed E-state index contributed by atoms with van der Waals surface area (Å²) in [7, 11) is 0. The normalized spacial score (nSPS) is 22.1. The Morgan fingerprint density at radius 3 is 2.85 bits per heavy atom. The maximum atomic E-state index is 12.5. The van der Waals surface area contributed by atoms with E-state index in [1.807, 2.05) is 6.92 Å². The van der Waals surface area contributed by atoms with Crippen molar-refractivity contribution in [3.63, 3.8) is 0 Å². The van der Waals surface area contributed by atoms with Gasteiger partial charge in [0.05, 0.1) is 17.6 Å². The summed E-state index contributed by atoms with van der Waals surface area (Å²) in [6.45, 7) is 4.24. The van der Waals surface area contributed by atoms with Crippen molar-refractivity contribution in [2.45, 2.75) is 26.3 Å². The van der Waals surface area contributed by atoms with E-state index < -0.39 is 4.92 Å². The average molecular weight is 278 g/mol. The molecule has 0 aromatic heterocycles. The van der Waals surface area contributed by atoms with Gasteiger partial charge in [0.2, 0.25) is 0 Å². The van der Waals surface area contributed by atoms with Crippen LogP contribution in [0.25, 0.3) is 0 Å². The highest BCUT2D eigenvalue weighted by molar-refractivity contribution is 5.96. The maximum Gasteiger partial charge on any atom is 0.270 e. The van der Waals surface area contributed by atoms with Gasteiger partial charge >= 0.3 is 0 Å². The summed E-state index contributed by atoms with van der Waals surface area (Å²) < 4.78 is 0. The Hall–Kier alpha value is -1.95. The van der Waals surface area contributed by atoms with Crippen LogP contribution in [-0.4, -0.2) is 40.0 Å². The number of hydrogen-bond donors (Lipinski definition) is 1. The van der Waals surface area contributed by atoms with E-state index in [0.717, 1.165) is 6.42 Å². The molecule has 1 saturated heterocycles. The Morgan fingerprint density at radius 1 is 1.55 bits per heavy atom. The van der Waals surface area contributed by atoms with Crippen molar-refractivity contribution >= 4 is 11.6 Å². The molecule has 108 valence electrons. The lowest BCUT2D eigenvalue weighted by Crippen LogP contribution is -2.40. The van der Waals surface area contributed by atoms with E-state index in [4.69, 9.17) is 0 Å². The first-order valence-electron chi connectivity index (χ1n) is 6.62. The highest BCUT2D eigenvalue weighted by Gasteiger charge is 2.35. The number of amides is 1. The molecule has 0 spiro atoms. The molecule has 0 aliphatic carbocycles. The number of nitrogens with zero attached hydrogens (tertiary/aromatic N) is 2. The molecular formula is C14H18N2O4. The molecule has 1 aliphatic rings. The zero-order valence-electron chi connectivity index (χ0n) is 11.6. The number of benzene rings is 1. The van der Waals surface area contributed by atoms with E-state index in [0.29, 0.717) is 17.7 Å². The van der Waals surface area contributed by atoms with Gasteiger partial charge in [-0.2, -0.15) is 0 Å². The monoisotopic (exact) mass is 278 g/mol. The lowest BCUT2D eigenvalue weighted by atomic mass is 10.0. The van der Waals surface area contributed by atoms with Gasteiger partial charge in [0.15, 0.2) is 0 Å². The molecule has 1 aromatic carbocycles. The SMILES string of the molecule is Cc1ccc([N+](=O)[O-])cc1C(=O)N1CCC(C)C1CO. The number of non-ortho nitro benzene ring substituents is 1. The van der Waals surface area contributed by atoms with Crippen molar-refractivity contribution in [1.82, 2.24) is 4.90 Å². The molecule has 0 bridgehead atoms. The number of rotatable bonds is 3. The average Bonchev–Trinajstić information content (AvgIpc) is 2.79. The first-order chi connectivity index (χ1) is 9.45. The second kappa shape index (κ2) is 5.58. The number of nitro groups is 1. The van der Waals surface area contributed by atoms with Crippen molar-refractivity contribution < 1.29 is 14.8 Å². The van der Waals surface area contributed by atoms with Crippen LogP contribution in [-0.2, 0) is 0 Å². The molecule has 0 radical (unpaired) electrons. The number of aliphatic hydroxyl groups excluding tert-OH is 1. The fourth-order valence-electron chi connectivity index (χ4n) is 2.65. The van der Waals surface area contributed by atoms with Crippen LogP contribution < -0.4 is 0 Å². The third-order valence-electron chi connectivity index (χ3n) is 3.99. The molecule has 1 aromatic rings. The summed E-state index contributed by atoms with van der Waals surface area (Å²) in [5.74, 6) is -0.00226. The van der Waals surface area contributed by atoms with Crippen molar-refractivity contribution in [2.24, 2.45) is 5.92 Å². The molecule has 2 rings (SSSR count). The number of carbonyl (C=O) groups is 1. The fraction of sp³-hybridized carbons (Fsp3) is 0.500. The molecular weight excluding hydrogens is 260 g/mol. The van der Waals surface area contributed by atoms with E-state index in [2.05, 4.69) is 0 Å². The van der Waals surface area contributed by atoms with Crippen molar-refractivity contribution in [1.29, 1.82) is 0 Å². The van der Waals surface area contributed by atoms with Crippen molar-refractivity contribution in [2.75, 3.05) is 13.2 Å². The Balaban J connectivity index is 2.33. The second-order valence-electron chi connectivity index (χ2n) is 5.27. The van der Waals surface area contributed by atoms with Crippen LogP contribution >= 0.6 is 0 Å². The topological polar surface area (TPSA) is 83.7 Å². The largest absolute Gasteiger partial charge is 0.394 e. The summed E-state index contributed by atoms with van der Waals surface area (Å²) in [6, 6.07) is 4.08. The third-order valence-corrected chi connectivity index (χ3v) is 3.99. The van der Waals surface area contributed by atoms with Gasteiger partial charge in [0, 0.05) is 24.2 Å². The third kappa shape index (κ3) is 2.51. The summed E-state index contributed by atoms with van der Waals surface area (Å²) in [5, 5.41) is 20.2. The van der Waals surface area contributed by atoms with Gasteiger partial charge in [-0.05, 0) is 24.8 Å². The smallest absolute Gasteiger partial charge is 0.270 e. The first kappa shape index (κ1) is 14.5. The fourth-order valence-corrected chi connectivity index (χ4v) is 2.65. The Labute approximate surface area is 117 Å². The quantitative estimate of drug-likeness (QED) is 0.674. The van der Waals surface area contributed by atoms with E-state index in [9.17, 15) is 20.0 Å². The predicted molar refractivity (Wildman–Crippen MR) is 73.5 cm³/mol. The van der Waals surface area contributed by atoms with E-state index in [1.54, 1.807) is 17.9 Å². The molecule has 1 heterocycles. The summed E-state index contributed by atoms with van der Waals surface area (Å²) in [6.07, 6.45) is 0.838. The van der Waals surface area contributed by atoms with Gasteiger partial charge in [0.25, 0.3) is 11.6 Å². The van der Waals surface area contributed by atoms with Crippen LogP contribution in [0, 0.1) is 23.0 Å². The molecule has 1 N–H and O–H groups in total. The number of carbonyl (C=O) groups excluding carboxylic acids is 1. The minimum absolute atomic E-state index is 0.0825. The molecule has 1 fully saturated rings. The zero-order valence-corrected chi connectivity index (χ0v) is 11.6. The second-order valence-corrected chi connectivity index (χ2v) is 5.27. The minimum atomic E-state index is -0.508. The van der Waals surface area contributed by atoms with Gasteiger partial charge < -0.3 is 10.0 Å². The standard InChI is InChI=1S/C14H18N2O4/c1-9-3-4-11(16(19)20)7-12(9)14(18)15-6-5-10(2)13(15)8-17/h3-4,7,10,13,17H,5-6,8H2,1-2H3. The van der Waals surface area contributed by atoms with Gasteiger partial charge in [-0.15, -0.1) is 0 Å². The summed E-state index contributed by atoms with van der Waals surface area (Å²) in [4.78, 5) is 24.5. The van der Waals surface area contributed by atoms with E-state index in [-0.39, 0.29) is 30.2 Å². The van der Waals surface area contributed by atoms with E-state index in [1.165, 1.54) is 12.1 Å². The van der Waals surface area contributed by atoms with Gasteiger partial charge in [-0.1, -0.05) is 13.0 Å². The highest BCUT2D eigenvalue weighted by Crippen LogP contribution is 2.27. The van der Waals surface area contributed by atoms with Crippen LogP contribution in [0.3, 0.4) is 0 Å². The Morgan fingerprint density at radius 2 is 2.25 bits per heavy atom. The molecule has 6 nitrogen and oxygen atoms in total. The number of aryl methyl sites for hydroxylation is 1. The van der Waals surface area contributed by atoms with Crippen molar-refractivity contribution in [3.05, 3.63) is 39.4 Å². The molecule has 2 atom stereocenters. The molecule has 20 heavy (non-hydrogen) atoms. The van der Waals surface area contributed by atoms with Crippen LogP contribution in [0.15, 0.2) is 18.2 Å². The molecule has 6 heteroatoms. The summed E-state index contributed by atoms with van der Waals surface area (Å²) >= 11 is 0. The molecule has 1 aliphatic heterocycles. The predicted octanol–water partition coefficient (Wildman–Crippen LogP) is 1.75. The number of hydrogen-bond acceptors (Lipinski definition) is 4. The lowest BCUT2D eigenvalue weighted by Gasteiger charge is -2.25. The van der Waals surface area contributed by atoms with Gasteiger partial charge in [-0.25, -0.2) is 0 Å². The number of aliphatic hydroxyl groups is 1. The lowest BCUT2D eigenvalue weighted by molar-refractivity contribution is -0.384. The first-order valence-corrected chi connectivity index (χ1v) is 6.62. The molecule has 1 amide bonds. The van der Waals surface area contributed by atoms with Crippen LogP contribution in [0.4, 0.5) is 5.69 Å². The Bertz CT molecular complexity index is 544. The van der Waals surface area contributed by atoms with Gasteiger partial charge in [-0.3, -0.25) is 14.9 Å². The molecule has 0 saturated carbocycles. The highest BCUT2D eigenvalue weighted by atomic mass is 16.6. The van der Waals surface area contributed by atoms with E-state index >= 15 is 0 Å². The number of nitro benzene ring substituents is 1. The number of likely N-dealkylation sites (tertiary alicyclic amines) is 1. The van der Waals surface area contributed by atoms with Crippen LogP contribution in [0.5, 0.6) is 0 Å². The maximum absolute atomic E-state index is 12.5.